The number of nitrogens with zero attached hydrogens (tertiary/aromatic N) is 1. The molecule has 0 aromatic heterocycles. The molecule has 0 fully saturated rings. The number of anilines is 1. The van der Waals surface area contributed by atoms with Crippen LogP contribution < -0.4 is 19.3 Å². The highest BCUT2D eigenvalue weighted by atomic mass is 32.2. The number of nitrogens with one attached hydrogen (secondary N) is 1. The minimum absolute atomic E-state index is 0.0955. The largest absolute Gasteiger partial charge is 0.497 e. The predicted molar refractivity (Wildman–Crippen MR) is 88.7 cm³/mol. The summed E-state index contributed by atoms with van der Waals surface area (Å²) >= 11 is 0. The number of fused-ring (bicyclic) bond motifs is 1. The van der Waals surface area contributed by atoms with Crippen molar-refractivity contribution in [2.24, 2.45) is 0 Å². The lowest BCUT2D eigenvalue weighted by molar-refractivity contribution is 0.0706. The van der Waals surface area contributed by atoms with Gasteiger partial charge in [0, 0.05) is 5.56 Å². The second-order valence-corrected chi connectivity index (χ2v) is 7.09. The number of amides is 1. The van der Waals surface area contributed by atoms with Crippen molar-refractivity contribution in [2.45, 2.75) is 4.90 Å². The van der Waals surface area contributed by atoms with E-state index < -0.39 is 15.9 Å². The van der Waals surface area contributed by atoms with Gasteiger partial charge >= 0.3 is 0 Å². The van der Waals surface area contributed by atoms with Crippen molar-refractivity contribution in [3.05, 3.63) is 48.0 Å². The van der Waals surface area contributed by atoms with Crippen molar-refractivity contribution in [1.82, 2.24) is 5.48 Å². The Bertz CT molecular complexity index is 895. The highest BCUT2D eigenvalue weighted by Crippen LogP contribution is 2.36. The smallest absolute Gasteiger partial charge is 0.274 e. The average molecular weight is 364 g/mol. The van der Waals surface area contributed by atoms with E-state index in [4.69, 9.17) is 14.7 Å². The van der Waals surface area contributed by atoms with Gasteiger partial charge in [0.15, 0.2) is 0 Å². The van der Waals surface area contributed by atoms with E-state index in [0.717, 1.165) is 0 Å². The Morgan fingerprint density at radius 1 is 1.24 bits per heavy atom. The van der Waals surface area contributed by atoms with E-state index in [1.54, 1.807) is 12.1 Å². The Kier molecular flexibility index (Phi) is 4.51. The van der Waals surface area contributed by atoms with Crippen LogP contribution in [0.3, 0.4) is 0 Å². The zero-order valence-electron chi connectivity index (χ0n) is 13.3. The van der Waals surface area contributed by atoms with Crippen LogP contribution in [-0.4, -0.2) is 39.8 Å². The van der Waals surface area contributed by atoms with Crippen LogP contribution in [0, 0.1) is 0 Å². The fraction of sp³-hybridized carbons (Fsp3) is 0.188. The maximum atomic E-state index is 13.0. The molecule has 2 aromatic carbocycles. The Hall–Kier alpha value is -2.78. The summed E-state index contributed by atoms with van der Waals surface area (Å²) in [6, 6.07) is 10.3. The number of ether oxygens (including phenoxy) is 2. The van der Waals surface area contributed by atoms with Crippen molar-refractivity contribution < 1.29 is 27.9 Å². The third-order valence-electron chi connectivity index (χ3n) is 3.79. The molecule has 0 bridgehead atoms. The quantitative estimate of drug-likeness (QED) is 0.628. The maximum absolute atomic E-state index is 13.0. The lowest BCUT2D eigenvalue weighted by Crippen LogP contribution is -2.38. The minimum Gasteiger partial charge on any atom is -0.497 e. The Morgan fingerprint density at radius 3 is 2.60 bits per heavy atom. The molecule has 132 valence electrons. The van der Waals surface area contributed by atoms with Crippen LogP contribution in [-0.2, 0) is 10.0 Å². The second kappa shape index (κ2) is 6.61. The van der Waals surface area contributed by atoms with Gasteiger partial charge in [0.05, 0.1) is 24.2 Å². The minimum atomic E-state index is -3.85. The summed E-state index contributed by atoms with van der Waals surface area (Å²) in [7, 11) is -2.35. The SMILES string of the molecule is COc1ccc(S(=O)(=O)N2CCOc3ccc(C(=O)NO)cc32)cc1. The summed E-state index contributed by atoms with van der Waals surface area (Å²) in [5.74, 6) is 0.149. The summed E-state index contributed by atoms with van der Waals surface area (Å²) in [4.78, 5) is 11.7. The topological polar surface area (TPSA) is 105 Å². The van der Waals surface area contributed by atoms with Crippen LogP contribution in [0.25, 0.3) is 0 Å². The molecule has 2 aromatic rings. The number of rotatable bonds is 4. The van der Waals surface area contributed by atoms with E-state index in [2.05, 4.69) is 0 Å². The number of benzene rings is 2. The van der Waals surface area contributed by atoms with Gasteiger partial charge in [-0.1, -0.05) is 0 Å². The molecule has 0 spiro atoms. The molecule has 8 nitrogen and oxygen atoms in total. The summed E-state index contributed by atoms with van der Waals surface area (Å²) in [5.41, 5.74) is 1.88. The molecule has 0 atom stereocenters. The number of sulfonamides is 1. The predicted octanol–water partition coefficient (Wildman–Crippen LogP) is 1.40. The van der Waals surface area contributed by atoms with E-state index in [1.165, 1.54) is 47.2 Å². The zero-order valence-corrected chi connectivity index (χ0v) is 14.1. The standard InChI is InChI=1S/C16H16N2O6S/c1-23-12-3-5-13(6-4-12)25(21,22)18-8-9-24-15-7-2-11(10-14(15)18)16(19)17-20/h2-7,10,20H,8-9H2,1H3,(H,17,19). The molecule has 0 saturated heterocycles. The number of carbonyl (C=O) groups excluding carboxylic acids is 1. The summed E-state index contributed by atoms with van der Waals surface area (Å²) in [6.45, 7) is 0.291. The molecule has 1 amide bonds. The number of hydrogen-bond donors (Lipinski definition) is 2. The van der Waals surface area contributed by atoms with E-state index >= 15 is 0 Å². The van der Waals surface area contributed by atoms with Crippen LogP contribution in [0.5, 0.6) is 11.5 Å². The molecular formula is C16H16N2O6S. The van der Waals surface area contributed by atoms with Gasteiger partial charge in [-0.3, -0.25) is 14.3 Å². The van der Waals surface area contributed by atoms with Gasteiger partial charge in [0.25, 0.3) is 15.9 Å². The molecular weight excluding hydrogens is 348 g/mol. The first-order valence-electron chi connectivity index (χ1n) is 7.35. The second-order valence-electron chi connectivity index (χ2n) is 5.22. The first-order valence-corrected chi connectivity index (χ1v) is 8.79. The van der Waals surface area contributed by atoms with E-state index in [1.807, 2.05) is 0 Å². The molecule has 9 heteroatoms. The highest BCUT2D eigenvalue weighted by molar-refractivity contribution is 7.92. The number of methoxy groups -OCH3 is 1. The third kappa shape index (κ3) is 3.11. The molecule has 3 rings (SSSR count). The van der Waals surface area contributed by atoms with Crippen LogP contribution in [0.4, 0.5) is 5.69 Å². The Labute approximate surface area is 144 Å². The summed E-state index contributed by atoms with van der Waals surface area (Å²) in [6.07, 6.45) is 0. The lowest BCUT2D eigenvalue weighted by Gasteiger charge is -2.30. The molecule has 0 unspecified atom stereocenters. The van der Waals surface area contributed by atoms with Gasteiger partial charge in [0.1, 0.15) is 18.1 Å². The van der Waals surface area contributed by atoms with Crippen molar-refractivity contribution in [1.29, 1.82) is 0 Å². The molecule has 0 aliphatic carbocycles. The van der Waals surface area contributed by atoms with Crippen LogP contribution in [0.15, 0.2) is 47.4 Å². The van der Waals surface area contributed by atoms with Gasteiger partial charge in [-0.15, -0.1) is 0 Å². The summed E-state index contributed by atoms with van der Waals surface area (Å²) < 4.78 is 37.7. The maximum Gasteiger partial charge on any atom is 0.274 e. The normalized spacial score (nSPS) is 13.6. The van der Waals surface area contributed by atoms with Crippen LogP contribution >= 0.6 is 0 Å². The first-order chi connectivity index (χ1) is 12.0. The molecule has 1 aliphatic rings. The molecule has 25 heavy (non-hydrogen) atoms. The lowest BCUT2D eigenvalue weighted by atomic mass is 10.1. The molecule has 0 saturated carbocycles. The van der Waals surface area contributed by atoms with Gasteiger partial charge in [-0.25, -0.2) is 13.9 Å². The summed E-state index contributed by atoms with van der Waals surface area (Å²) in [5, 5.41) is 8.77. The van der Waals surface area contributed by atoms with Crippen molar-refractivity contribution in [3.63, 3.8) is 0 Å². The molecule has 1 aliphatic heterocycles. The van der Waals surface area contributed by atoms with E-state index in [0.29, 0.717) is 11.5 Å². The van der Waals surface area contributed by atoms with Gasteiger partial charge in [-0.05, 0) is 42.5 Å². The zero-order chi connectivity index (χ0) is 18.0. The Balaban J connectivity index is 2.04. The van der Waals surface area contributed by atoms with Gasteiger partial charge < -0.3 is 9.47 Å². The van der Waals surface area contributed by atoms with Crippen molar-refractivity contribution in [3.8, 4) is 11.5 Å². The molecule has 2 N–H and O–H groups in total. The van der Waals surface area contributed by atoms with Gasteiger partial charge in [0.2, 0.25) is 0 Å². The van der Waals surface area contributed by atoms with Crippen LogP contribution in [0.1, 0.15) is 10.4 Å². The first kappa shape index (κ1) is 17.1. The van der Waals surface area contributed by atoms with Crippen molar-refractivity contribution in [2.75, 3.05) is 24.6 Å². The van der Waals surface area contributed by atoms with E-state index in [9.17, 15) is 13.2 Å². The van der Waals surface area contributed by atoms with Gasteiger partial charge in [-0.2, -0.15) is 0 Å². The van der Waals surface area contributed by atoms with Crippen LogP contribution in [0.2, 0.25) is 0 Å². The highest BCUT2D eigenvalue weighted by Gasteiger charge is 2.30. The third-order valence-corrected chi connectivity index (χ3v) is 5.62. The fourth-order valence-electron chi connectivity index (χ4n) is 2.52. The Morgan fingerprint density at radius 2 is 1.96 bits per heavy atom. The molecule has 1 heterocycles. The molecule has 0 radical (unpaired) electrons. The number of hydrogen-bond acceptors (Lipinski definition) is 6. The number of carbonyl (C=O) groups is 1. The van der Waals surface area contributed by atoms with E-state index in [-0.39, 0.29) is 29.3 Å². The average Bonchev–Trinajstić information content (AvgIpc) is 2.66. The van der Waals surface area contributed by atoms with Crippen molar-refractivity contribution >= 4 is 21.6 Å². The monoisotopic (exact) mass is 364 g/mol. The fourth-order valence-corrected chi connectivity index (χ4v) is 3.97. The number of hydroxylamine groups is 1.